The fraction of sp³-hybridized carbons (Fsp3) is 0.941. The van der Waals surface area contributed by atoms with Crippen LogP contribution in [0, 0.1) is 17.8 Å². The third-order valence-electron chi connectivity index (χ3n) is 4.58. The van der Waals surface area contributed by atoms with Crippen LogP contribution in [0.4, 0.5) is 0 Å². The van der Waals surface area contributed by atoms with E-state index in [-0.39, 0.29) is 11.5 Å². The predicted molar refractivity (Wildman–Crippen MR) is 79.9 cm³/mol. The standard InChI is InChI=1S/C17H31NO/c1-17(2,3)18-16(19)15(11-10-13-8-9-13)12-14-6-4-5-7-14/h13-15H,4-12H2,1-3H3,(H,18,19). The van der Waals surface area contributed by atoms with Gasteiger partial charge in [0.05, 0.1) is 0 Å². The molecule has 2 nitrogen and oxygen atoms in total. The van der Waals surface area contributed by atoms with Gasteiger partial charge in [-0.1, -0.05) is 38.5 Å². The Balaban J connectivity index is 1.85. The van der Waals surface area contributed by atoms with Crippen LogP contribution in [0.2, 0.25) is 0 Å². The summed E-state index contributed by atoms with van der Waals surface area (Å²) in [6.07, 6.45) is 11.8. The van der Waals surface area contributed by atoms with Crippen molar-refractivity contribution < 1.29 is 4.79 Å². The normalized spacial score (nSPS) is 22.5. The Kier molecular flexibility index (Phi) is 4.92. The summed E-state index contributed by atoms with van der Waals surface area (Å²) in [5.74, 6) is 2.33. The number of hydrogen-bond acceptors (Lipinski definition) is 1. The Hall–Kier alpha value is -0.530. The van der Waals surface area contributed by atoms with Crippen LogP contribution in [-0.2, 0) is 4.79 Å². The highest BCUT2D eigenvalue weighted by atomic mass is 16.2. The van der Waals surface area contributed by atoms with Crippen molar-refractivity contribution in [1.82, 2.24) is 5.32 Å². The van der Waals surface area contributed by atoms with E-state index in [0.717, 1.165) is 24.7 Å². The highest BCUT2D eigenvalue weighted by molar-refractivity contribution is 5.79. The molecule has 0 aromatic heterocycles. The van der Waals surface area contributed by atoms with E-state index in [1.165, 1.54) is 44.9 Å². The summed E-state index contributed by atoms with van der Waals surface area (Å²) in [6.45, 7) is 6.25. The predicted octanol–water partition coefficient (Wildman–Crippen LogP) is 4.29. The van der Waals surface area contributed by atoms with Gasteiger partial charge in [-0.25, -0.2) is 0 Å². The van der Waals surface area contributed by atoms with Crippen LogP contribution in [0.15, 0.2) is 0 Å². The first-order valence-corrected chi connectivity index (χ1v) is 8.26. The van der Waals surface area contributed by atoms with Crippen LogP contribution in [0.3, 0.4) is 0 Å². The average molecular weight is 265 g/mol. The van der Waals surface area contributed by atoms with Gasteiger partial charge in [-0.05, 0) is 51.9 Å². The molecular formula is C17H31NO. The molecule has 0 aliphatic heterocycles. The molecule has 2 heteroatoms. The summed E-state index contributed by atoms with van der Waals surface area (Å²) >= 11 is 0. The van der Waals surface area contributed by atoms with Gasteiger partial charge in [-0.3, -0.25) is 4.79 Å². The van der Waals surface area contributed by atoms with Crippen molar-refractivity contribution in [2.45, 2.75) is 84.1 Å². The Morgan fingerprint density at radius 3 is 2.26 bits per heavy atom. The maximum Gasteiger partial charge on any atom is 0.223 e. The quantitative estimate of drug-likeness (QED) is 0.762. The largest absolute Gasteiger partial charge is 0.351 e. The van der Waals surface area contributed by atoms with Crippen molar-refractivity contribution in [2.75, 3.05) is 0 Å². The summed E-state index contributed by atoms with van der Waals surface area (Å²) in [5, 5.41) is 3.20. The third kappa shape index (κ3) is 5.54. The molecule has 110 valence electrons. The van der Waals surface area contributed by atoms with Crippen molar-refractivity contribution >= 4 is 5.91 Å². The number of amides is 1. The number of carbonyl (C=O) groups is 1. The first-order chi connectivity index (χ1) is 8.94. The van der Waals surface area contributed by atoms with Crippen molar-refractivity contribution in [3.63, 3.8) is 0 Å². The van der Waals surface area contributed by atoms with E-state index in [9.17, 15) is 4.79 Å². The van der Waals surface area contributed by atoms with E-state index in [4.69, 9.17) is 0 Å². The topological polar surface area (TPSA) is 29.1 Å². The first-order valence-electron chi connectivity index (χ1n) is 8.26. The highest BCUT2D eigenvalue weighted by Gasteiger charge is 2.29. The van der Waals surface area contributed by atoms with E-state index in [0.29, 0.717) is 5.91 Å². The molecule has 1 unspecified atom stereocenters. The van der Waals surface area contributed by atoms with Crippen LogP contribution in [0.5, 0.6) is 0 Å². The molecule has 0 spiro atoms. The second kappa shape index (κ2) is 6.28. The summed E-state index contributed by atoms with van der Waals surface area (Å²) < 4.78 is 0. The molecule has 0 aromatic carbocycles. The molecule has 0 heterocycles. The lowest BCUT2D eigenvalue weighted by Crippen LogP contribution is -2.44. The maximum absolute atomic E-state index is 12.5. The van der Waals surface area contributed by atoms with E-state index < -0.39 is 0 Å². The molecule has 2 aliphatic rings. The molecule has 0 radical (unpaired) electrons. The fourth-order valence-electron chi connectivity index (χ4n) is 3.32. The molecule has 0 saturated heterocycles. The summed E-state index contributed by atoms with van der Waals surface area (Å²) in [5.41, 5.74) is -0.0927. The van der Waals surface area contributed by atoms with Crippen LogP contribution in [0.1, 0.15) is 78.6 Å². The molecule has 0 bridgehead atoms. The minimum Gasteiger partial charge on any atom is -0.351 e. The second-order valence-electron chi connectivity index (χ2n) is 7.84. The Morgan fingerprint density at radius 1 is 1.11 bits per heavy atom. The Bertz CT molecular complexity index is 295. The van der Waals surface area contributed by atoms with Gasteiger partial charge in [0, 0.05) is 11.5 Å². The van der Waals surface area contributed by atoms with E-state index >= 15 is 0 Å². The molecule has 2 fully saturated rings. The summed E-state index contributed by atoms with van der Waals surface area (Å²) in [7, 11) is 0. The van der Waals surface area contributed by atoms with Gasteiger partial charge in [-0.15, -0.1) is 0 Å². The monoisotopic (exact) mass is 265 g/mol. The second-order valence-corrected chi connectivity index (χ2v) is 7.84. The maximum atomic E-state index is 12.5. The lowest BCUT2D eigenvalue weighted by molar-refractivity contribution is -0.127. The van der Waals surface area contributed by atoms with Crippen molar-refractivity contribution in [3.05, 3.63) is 0 Å². The lowest BCUT2D eigenvalue weighted by atomic mass is 9.88. The van der Waals surface area contributed by atoms with Gasteiger partial charge in [0.15, 0.2) is 0 Å². The molecule has 2 saturated carbocycles. The van der Waals surface area contributed by atoms with Crippen LogP contribution in [0.25, 0.3) is 0 Å². The van der Waals surface area contributed by atoms with E-state index in [2.05, 4.69) is 26.1 Å². The molecule has 19 heavy (non-hydrogen) atoms. The van der Waals surface area contributed by atoms with E-state index in [1.54, 1.807) is 0 Å². The Labute approximate surface area is 118 Å². The van der Waals surface area contributed by atoms with Crippen molar-refractivity contribution in [2.24, 2.45) is 17.8 Å². The van der Waals surface area contributed by atoms with Crippen LogP contribution in [-0.4, -0.2) is 11.4 Å². The van der Waals surface area contributed by atoms with Gasteiger partial charge in [-0.2, -0.15) is 0 Å². The minimum absolute atomic E-state index is 0.0927. The van der Waals surface area contributed by atoms with Gasteiger partial charge in [0.1, 0.15) is 0 Å². The van der Waals surface area contributed by atoms with Crippen molar-refractivity contribution in [1.29, 1.82) is 0 Å². The molecular weight excluding hydrogens is 234 g/mol. The zero-order valence-electron chi connectivity index (χ0n) is 13.0. The van der Waals surface area contributed by atoms with E-state index in [1.807, 2.05) is 0 Å². The number of nitrogens with one attached hydrogen (secondary N) is 1. The zero-order chi connectivity index (χ0) is 13.9. The number of hydrogen-bond donors (Lipinski definition) is 1. The lowest BCUT2D eigenvalue weighted by Gasteiger charge is -2.26. The number of carbonyl (C=O) groups excluding carboxylic acids is 1. The molecule has 0 aromatic rings. The molecule has 2 aliphatic carbocycles. The summed E-state index contributed by atoms with van der Waals surface area (Å²) in [6, 6.07) is 0. The smallest absolute Gasteiger partial charge is 0.223 e. The molecule has 2 rings (SSSR count). The van der Waals surface area contributed by atoms with Crippen LogP contribution >= 0.6 is 0 Å². The minimum atomic E-state index is -0.0927. The molecule has 1 N–H and O–H groups in total. The van der Waals surface area contributed by atoms with Gasteiger partial charge < -0.3 is 5.32 Å². The molecule has 1 amide bonds. The average Bonchev–Trinajstić information content (AvgIpc) is 2.98. The fourth-order valence-corrected chi connectivity index (χ4v) is 3.32. The third-order valence-corrected chi connectivity index (χ3v) is 4.58. The van der Waals surface area contributed by atoms with Gasteiger partial charge in [0.25, 0.3) is 0 Å². The Morgan fingerprint density at radius 2 is 1.74 bits per heavy atom. The van der Waals surface area contributed by atoms with Crippen molar-refractivity contribution in [3.8, 4) is 0 Å². The van der Waals surface area contributed by atoms with Gasteiger partial charge >= 0.3 is 0 Å². The highest BCUT2D eigenvalue weighted by Crippen LogP contribution is 2.37. The summed E-state index contributed by atoms with van der Waals surface area (Å²) in [4.78, 5) is 12.5. The molecule has 1 atom stereocenters. The first kappa shape index (κ1) is 14.9. The van der Waals surface area contributed by atoms with Gasteiger partial charge in [0.2, 0.25) is 5.91 Å². The van der Waals surface area contributed by atoms with Crippen LogP contribution < -0.4 is 5.32 Å². The zero-order valence-corrected chi connectivity index (χ0v) is 13.0. The number of rotatable bonds is 6. The SMILES string of the molecule is CC(C)(C)NC(=O)C(CCC1CC1)CC1CCCC1.